The molecule has 0 bridgehead atoms. The van der Waals surface area contributed by atoms with Gasteiger partial charge in [0.05, 0.1) is 23.8 Å². The van der Waals surface area contributed by atoms with Gasteiger partial charge in [0.15, 0.2) is 5.43 Å². The average Bonchev–Trinajstić information content (AvgIpc) is 3.24. The summed E-state index contributed by atoms with van der Waals surface area (Å²) in [7, 11) is 0. The number of carbonyl (C=O) groups is 1. The van der Waals surface area contributed by atoms with Crippen LogP contribution in [0.15, 0.2) is 89.9 Å². The maximum atomic E-state index is 12.9. The largest absolute Gasteiger partial charge is 0.334 e. The van der Waals surface area contributed by atoms with Gasteiger partial charge in [-0.3, -0.25) is 9.59 Å². The Balaban J connectivity index is 1.44. The van der Waals surface area contributed by atoms with Crippen LogP contribution >= 0.6 is 0 Å². The van der Waals surface area contributed by atoms with E-state index in [1.165, 1.54) is 4.68 Å². The van der Waals surface area contributed by atoms with Crippen LogP contribution < -0.4 is 10.7 Å². The summed E-state index contributed by atoms with van der Waals surface area (Å²) in [5.41, 5.74) is 3.12. The molecular formula is C24H19N5O2. The van der Waals surface area contributed by atoms with Crippen molar-refractivity contribution in [2.24, 2.45) is 0 Å². The van der Waals surface area contributed by atoms with Gasteiger partial charge in [-0.05, 0) is 36.4 Å². The van der Waals surface area contributed by atoms with Gasteiger partial charge in [-0.1, -0.05) is 47.7 Å². The summed E-state index contributed by atoms with van der Waals surface area (Å²) in [5.74, 6) is -0.179. The van der Waals surface area contributed by atoms with E-state index in [-0.39, 0.29) is 17.9 Å². The molecule has 0 aliphatic rings. The Morgan fingerprint density at radius 1 is 0.839 bits per heavy atom. The Bertz CT molecular complexity index is 1390. The molecule has 0 aliphatic heterocycles. The molecule has 0 radical (unpaired) electrons. The lowest BCUT2D eigenvalue weighted by atomic mass is 10.1. The van der Waals surface area contributed by atoms with Gasteiger partial charge in [0.1, 0.15) is 12.2 Å². The first kappa shape index (κ1) is 18.7. The van der Waals surface area contributed by atoms with Crippen molar-refractivity contribution in [3.8, 4) is 0 Å². The molecule has 0 spiro atoms. The molecule has 0 fully saturated rings. The van der Waals surface area contributed by atoms with E-state index in [9.17, 15) is 9.59 Å². The number of rotatable bonds is 5. The third-order valence-electron chi connectivity index (χ3n) is 5.15. The molecule has 0 saturated heterocycles. The van der Waals surface area contributed by atoms with E-state index >= 15 is 0 Å². The number of fused-ring (bicyclic) bond motifs is 2. The zero-order valence-corrected chi connectivity index (χ0v) is 16.6. The number of nitrogens with zero attached hydrogens (tertiary/aromatic N) is 4. The number of nitrogens with one attached hydrogen (secondary N) is 1. The molecule has 2 heterocycles. The number of para-hydroxylation sites is 3. The standard InChI is InChI=1S/C24H19N5O2/c30-23(25-17-8-2-1-3-9-17)16-28-14-18(26-27-28)15-29-21-12-6-4-10-19(21)24(31)20-11-5-7-13-22(20)29/h1-14H,15-16H2,(H,25,30). The number of pyridine rings is 1. The number of hydrogen-bond donors (Lipinski definition) is 1. The second-order valence-corrected chi connectivity index (χ2v) is 7.27. The highest BCUT2D eigenvalue weighted by Crippen LogP contribution is 2.20. The van der Waals surface area contributed by atoms with Crippen LogP contribution in [0, 0.1) is 0 Å². The van der Waals surface area contributed by atoms with E-state index < -0.39 is 0 Å². The maximum absolute atomic E-state index is 12.9. The first-order valence-electron chi connectivity index (χ1n) is 9.93. The van der Waals surface area contributed by atoms with Gasteiger partial charge in [-0.15, -0.1) is 5.10 Å². The first-order valence-corrected chi connectivity index (χ1v) is 9.93. The number of aromatic nitrogens is 4. The van der Waals surface area contributed by atoms with Crippen molar-refractivity contribution in [2.45, 2.75) is 13.1 Å². The fourth-order valence-corrected chi connectivity index (χ4v) is 3.77. The highest BCUT2D eigenvalue weighted by atomic mass is 16.2. The van der Waals surface area contributed by atoms with Crippen molar-refractivity contribution in [1.29, 1.82) is 0 Å². The molecule has 2 aromatic heterocycles. The van der Waals surface area contributed by atoms with Gasteiger partial charge in [-0.25, -0.2) is 4.68 Å². The summed E-state index contributed by atoms with van der Waals surface area (Å²) in [5, 5.41) is 12.5. The summed E-state index contributed by atoms with van der Waals surface area (Å²) in [4.78, 5) is 25.2. The summed E-state index contributed by atoms with van der Waals surface area (Å²) in [6.07, 6.45) is 1.76. The summed E-state index contributed by atoms with van der Waals surface area (Å²) < 4.78 is 3.57. The van der Waals surface area contributed by atoms with Crippen LogP contribution in [0.25, 0.3) is 21.8 Å². The van der Waals surface area contributed by atoms with Crippen LogP contribution in [0.2, 0.25) is 0 Å². The minimum Gasteiger partial charge on any atom is -0.334 e. The molecule has 1 amide bonds. The number of carbonyl (C=O) groups excluding carboxylic acids is 1. The molecule has 1 N–H and O–H groups in total. The van der Waals surface area contributed by atoms with E-state index in [1.54, 1.807) is 6.20 Å². The molecule has 5 aromatic rings. The zero-order valence-electron chi connectivity index (χ0n) is 16.6. The highest BCUT2D eigenvalue weighted by Gasteiger charge is 2.12. The second-order valence-electron chi connectivity index (χ2n) is 7.27. The molecule has 0 saturated carbocycles. The van der Waals surface area contributed by atoms with Gasteiger partial charge in [0.2, 0.25) is 5.91 Å². The van der Waals surface area contributed by atoms with Gasteiger partial charge in [-0.2, -0.15) is 0 Å². The lowest BCUT2D eigenvalue weighted by Gasteiger charge is -2.13. The van der Waals surface area contributed by atoms with E-state index in [0.29, 0.717) is 23.0 Å². The van der Waals surface area contributed by atoms with Crippen LogP contribution in [0.1, 0.15) is 5.69 Å². The first-order chi connectivity index (χ1) is 15.2. The Labute approximate surface area is 177 Å². The molecule has 31 heavy (non-hydrogen) atoms. The van der Waals surface area contributed by atoms with Crippen LogP contribution in [0.4, 0.5) is 5.69 Å². The fourth-order valence-electron chi connectivity index (χ4n) is 3.77. The Hall–Kier alpha value is -4.26. The zero-order chi connectivity index (χ0) is 21.2. The number of anilines is 1. The second kappa shape index (κ2) is 7.87. The Morgan fingerprint density at radius 2 is 1.45 bits per heavy atom. The highest BCUT2D eigenvalue weighted by molar-refractivity contribution is 5.93. The summed E-state index contributed by atoms with van der Waals surface area (Å²) in [6.45, 7) is 0.495. The predicted octanol–water partition coefficient (Wildman–Crippen LogP) is 3.43. The minimum absolute atomic E-state index is 0.0173. The number of amides is 1. The number of benzene rings is 3. The van der Waals surface area contributed by atoms with E-state index in [2.05, 4.69) is 20.2 Å². The average molecular weight is 409 g/mol. The van der Waals surface area contributed by atoms with Crippen LogP contribution in [-0.2, 0) is 17.9 Å². The van der Waals surface area contributed by atoms with E-state index in [0.717, 1.165) is 16.7 Å². The van der Waals surface area contributed by atoms with Crippen LogP contribution in [-0.4, -0.2) is 25.5 Å². The monoisotopic (exact) mass is 409 g/mol. The van der Waals surface area contributed by atoms with Crippen molar-refractivity contribution in [3.63, 3.8) is 0 Å². The van der Waals surface area contributed by atoms with Crippen molar-refractivity contribution < 1.29 is 4.79 Å². The Kier molecular flexibility index (Phi) is 4.76. The van der Waals surface area contributed by atoms with Crippen molar-refractivity contribution in [3.05, 3.63) is 101 Å². The molecule has 3 aromatic carbocycles. The van der Waals surface area contributed by atoms with Crippen molar-refractivity contribution in [1.82, 2.24) is 19.6 Å². The minimum atomic E-state index is -0.179. The summed E-state index contributed by atoms with van der Waals surface area (Å²) in [6, 6.07) is 24.4. The smallest absolute Gasteiger partial charge is 0.246 e. The van der Waals surface area contributed by atoms with Crippen molar-refractivity contribution in [2.75, 3.05) is 5.32 Å². The normalized spacial score (nSPS) is 11.1. The number of hydrogen-bond acceptors (Lipinski definition) is 4. The SMILES string of the molecule is O=C(Cn1cc(Cn2c3ccccc3c(=O)c3ccccc32)nn1)Nc1ccccc1. The molecular weight excluding hydrogens is 390 g/mol. The quantitative estimate of drug-likeness (QED) is 0.451. The fraction of sp³-hybridized carbons (Fsp3) is 0.0833. The topological polar surface area (TPSA) is 81.8 Å². The molecule has 5 rings (SSSR count). The van der Waals surface area contributed by atoms with Gasteiger partial charge in [0, 0.05) is 16.5 Å². The van der Waals surface area contributed by atoms with E-state index in [1.807, 2.05) is 78.9 Å². The molecule has 152 valence electrons. The summed E-state index contributed by atoms with van der Waals surface area (Å²) >= 11 is 0. The van der Waals surface area contributed by atoms with Crippen LogP contribution in [0.5, 0.6) is 0 Å². The molecule has 0 unspecified atom stereocenters. The van der Waals surface area contributed by atoms with Gasteiger partial charge >= 0.3 is 0 Å². The molecule has 7 nitrogen and oxygen atoms in total. The lowest BCUT2D eigenvalue weighted by molar-refractivity contribution is -0.116. The maximum Gasteiger partial charge on any atom is 0.246 e. The molecule has 7 heteroatoms. The Morgan fingerprint density at radius 3 is 2.13 bits per heavy atom. The molecule has 0 aliphatic carbocycles. The van der Waals surface area contributed by atoms with Gasteiger partial charge < -0.3 is 9.88 Å². The third-order valence-corrected chi connectivity index (χ3v) is 5.15. The van der Waals surface area contributed by atoms with Gasteiger partial charge in [0.25, 0.3) is 0 Å². The van der Waals surface area contributed by atoms with E-state index in [4.69, 9.17) is 0 Å². The van der Waals surface area contributed by atoms with Crippen LogP contribution in [0.3, 0.4) is 0 Å². The van der Waals surface area contributed by atoms with Crippen molar-refractivity contribution >= 4 is 33.4 Å². The third kappa shape index (κ3) is 3.69. The molecule has 0 atom stereocenters. The predicted molar refractivity (Wildman–Crippen MR) is 120 cm³/mol. The lowest BCUT2D eigenvalue weighted by Crippen LogP contribution is -2.19.